The number of nitrogens with one attached hydrogen (secondary N) is 1. The number of fused-ring (bicyclic) bond motifs is 1. The van der Waals surface area contributed by atoms with Crippen molar-refractivity contribution in [2.45, 2.75) is 6.92 Å². The number of benzene rings is 1. The predicted molar refractivity (Wildman–Crippen MR) is 52.3 cm³/mol. The molecule has 0 saturated heterocycles. The third kappa shape index (κ3) is 2.22. The number of ether oxygens (including phenoxy) is 1. The number of rotatable bonds is 0. The van der Waals surface area contributed by atoms with Gasteiger partial charge in [0, 0.05) is 0 Å². The van der Waals surface area contributed by atoms with Gasteiger partial charge in [0.1, 0.15) is 5.75 Å². The van der Waals surface area contributed by atoms with Crippen molar-refractivity contribution in [3.63, 3.8) is 0 Å². The summed E-state index contributed by atoms with van der Waals surface area (Å²) in [7, 11) is 0.500. The van der Waals surface area contributed by atoms with Crippen LogP contribution in [0.15, 0.2) is 18.2 Å². The van der Waals surface area contributed by atoms with Gasteiger partial charge in [0.05, 0.1) is 12.9 Å². The van der Waals surface area contributed by atoms with Crippen molar-refractivity contribution in [3.8, 4) is 5.75 Å². The van der Waals surface area contributed by atoms with E-state index in [0.29, 0.717) is 7.18 Å². The number of hydrogen-bond donors (Lipinski definition) is 1. The molecule has 1 N–H and O–H groups in total. The number of carbonyl (C=O) groups excluding carboxylic acids is 1. The van der Waals surface area contributed by atoms with Crippen LogP contribution in [0.1, 0.15) is 5.56 Å². The lowest BCUT2D eigenvalue weighted by atomic mass is 10.2. The molecule has 2 rings (SSSR count). The number of anilines is 1. The molecule has 0 saturated carbocycles. The smallest absolute Gasteiger partial charge is 0.262 e. The number of hydrogen-bond acceptors (Lipinski definition) is 2. The summed E-state index contributed by atoms with van der Waals surface area (Å²) >= 11 is 0. The Hall–Kier alpha value is -1.58. The van der Waals surface area contributed by atoms with Crippen molar-refractivity contribution in [1.82, 2.24) is 0 Å². The minimum Gasteiger partial charge on any atom is -0.482 e. The van der Waals surface area contributed by atoms with E-state index in [1.165, 1.54) is 0 Å². The summed E-state index contributed by atoms with van der Waals surface area (Å²) in [4.78, 5) is 10.9. The zero-order chi connectivity index (χ0) is 10.6. The first-order valence-electron chi connectivity index (χ1n) is 4.17. The highest BCUT2D eigenvalue weighted by Gasteiger charge is 2.14. The quantitative estimate of drug-likeness (QED) is 0.690. The summed E-state index contributed by atoms with van der Waals surface area (Å²) in [6, 6.07) is 5.72. The molecular weight excluding hydrogens is 185 g/mol. The lowest BCUT2D eigenvalue weighted by Crippen LogP contribution is -2.25. The van der Waals surface area contributed by atoms with Gasteiger partial charge in [0.15, 0.2) is 6.61 Å². The molecule has 0 spiro atoms. The molecule has 1 aliphatic heterocycles. The molecule has 0 bridgehead atoms. The zero-order valence-electron chi connectivity index (χ0n) is 8.13. The Balaban J connectivity index is 0.000000461. The molecular formula is C10H12FNO2. The van der Waals surface area contributed by atoms with E-state index in [0.717, 1.165) is 17.0 Å². The van der Waals surface area contributed by atoms with E-state index in [4.69, 9.17) is 4.74 Å². The molecule has 0 radical (unpaired) electrons. The van der Waals surface area contributed by atoms with Gasteiger partial charge in [0.25, 0.3) is 5.91 Å². The average molecular weight is 197 g/mol. The van der Waals surface area contributed by atoms with Gasteiger partial charge in [-0.25, -0.2) is 0 Å². The monoisotopic (exact) mass is 197 g/mol. The van der Waals surface area contributed by atoms with Crippen molar-refractivity contribution < 1.29 is 13.9 Å². The minimum atomic E-state index is -0.0897. The average Bonchev–Trinajstić information content (AvgIpc) is 2.20. The van der Waals surface area contributed by atoms with E-state index in [1.54, 1.807) is 0 Å². The third-order valence-corrected chi connectivity index (χ3v) is 1.77. The van der Waals surface area contributed by atoms with Crippen LogP contribution < -0.4 is 10.1 Å². The molecule has 0 fully saturated rings. The molecule has 1 aliphatic rings. The minimum absolute atomic E-state index is 0.0897. The highest BCUT2D eigenvalue weighted by atomic mass is 19.1. The molecule has 1 aromatic carbocycles. The topological polar surface area (TPSA) is 38.3 Å². The summed E-state index contributed by atoms with van der Waals surface area (Å²) in [5.74, 6) is 0.660. The fourth-order valence-electron chi connectivity index (χ4n) is 1.20. The van der Waals surface area contributed by atoms with Gasteiger partial charge in [-0.05, 0) is 24.6 Å². The summed E-state index contributed by atoms with van der Waals surface area (Å²) in [5, 5.41) is 2.74. The third-order valence-electron chi connectivity index (χ3n) is 1.77. The van der Waals surface area contributed by atoms with E-state index < -0.39 is 0 Å². The fraction of sp³-hybridized carbons (Fsp3) is 0.300. The Morgan fingerprint density at radius 2 is 2.14 bits per heavy atom. The SMILES string of the molecule is CF.Cc1ccc2c(c1)NC(=O)CO2. The summed E-state index contributed by atoms with van der Waals surface area (Å²) in [6.07, 6.45) is 0. The van der Waals surface area contributed by atoms with Crippen LogP contribution in [0.25, 0.3) is 0 Å². The molecule has 14 heavy (non-hydrogen) atoms. The van der Waals surface area contributed by atoms with Gasteiger partial charge in [0.2, 0.25) is 0 Å². The van der Waals surface area contributed by atoms with Crippen LogP contribution in [0.5, 0.6) is 5.75 Å². The Morgan fingerprint density at radius 1 is 1.43 bits per heavy atom. The molecule has 0 aromatic heterocycles. The lowest BCUT2D eigenvalue weighted by molar-refractivity contribution is -0.118. The van der Waals surface area contributed by atoms with E-state index in [-0.39, 0.29) is 12.5 Å². The van der Waals surface area contributed by atoms with Crippen LogP contribution in [0, 0.1) is 6.92 Å². The summed E-state index contributed by atoms with van der Waals surface area (Å²) in [5.41, 5.74) is 1.88. The number of halogens is 1. The van der Waals surface area contributed by atoms with Crippen LogP contribution in [0.3, 0.4) is 0 Å². The number of carbonyl (C=O) groups is 1. The highest BCUT2D eigenvalue weighted by molar-refractivity contribution is 5.95. The van der Waals surface area contributed by atoms with Crippen LogP contribution in [-0.2, 0) is 4.79 Å². The number of aryl methyl sites for hydroxylation is 1. The molecule has 1 heterocycles. The second kappa shape index (κ2) is 4.60. The first-order chi connectivity index (χ1) is 6.75. The van der Waals surface area contributed by atoms with Gasteiger partial charge in [-0.15, -0.1) is 0 Å². The van der Waals surface area contributed by atoms with E-state index in [1.807, 2.05) is 25.1 Å². The van der Waals surface area contributed by atoms with Gasteiger partial charge < -0.3 is 10.1 Å². The second-order valence-electron chi connectivity index (χ2n) is 2.84. The van der Waals surface area contributed by atoms with Crippen molar-refractivity contribution in [2.24, 2.45) is 0 Å². The van der Waals surface area contributed by atoms with E-state index in [2.05, 4.69) is 5.32 Å². The zero-order valence-corrected chi connectivity index (χ0v) is 8.13. The van der Waals surface area contributed by atoms with E-state index >= 15 is 0 Å². The van der Waals surface area contributed by atoms with Crippen LogP contribution in [-0.4, -0.2) is 19.7 Å². The number of alkyl halides is 1. The molecule has 0 unspecified atom stereocenters. The first-order valence-corrected chi connectivity index (χ1v) is 4.17. The molecule has 1 amide bonds. The summed E-state index contributed by atoms with van der Waals surface area (Å²) < 4.78 is 14.7. The van der Waals surface area contributed by atoms with Crippen LogP contribution in [0.2, 0.25) is 0 Å². The van der Waals surface area contributed by atoms with Crippen molar-refractivity contribution in [2.75, 3.05) is 19.1 Å². The maximum atomic E-state index is 10.9. The van der Waals surface area contributed by atoms with Gasteiger partial charge in [-0.1, -0.05) is 6.07 Å². The standard InChI is InChI=1S/C9H9NO2.CH3F/c1-6-2-3-8-7(4-6)10-9(11)5-12-8;1-2/h2-4H,5H2,1H3,(H,10,11);1H3. The molecule has 3 nitrogen and oxygen atoms in total. The normalized spacial score (nSPS) is 12.9. The Labute approximate surface area is 81.9 Å². The Kier molecular flexibility index (Phi) is 3.45. The number of amides is 1. The van der Waals surface area contributed by atoms with Crippen molar-refractivity contribution >= 4 is 11.6 Å². The maximum absolute atomic E-state index is 10.9. The van der Waals surface area contributed by atoms with E-state index in [9.17, 15) is 9.18 Å². The molecule has 4 heteroatoms. The molecule has 76 valence electrons. The van der Waals surface area contributed by atoms with Crippen LogP contribution >= 0.6 is 0 Å². The van der Waals surface area contributed by atoms with Gasteiger partial charge >= 0.3 is 0 Å². The largest absolute Gasteiger partial charge is 0.482 e. The first kappa shape index (κ1) is 10.5. The van der Waals surface area contributed by atoms with Crippen molar-refractivity contribution in [3.05, 3.63) is 23.8 Å². The Morgan fingerprint density at radius 3 is 2.86 bits per heavy atom. The maximum Gasteiger partial charge on any atom is 0.262 e. The van der Waals surface area contributed by atoms with Crippen molar-refractivity contribution in [1.29, 1.82) is 0 Å². The lowest BCUT2D eigenvalue weighted by Gasteiger charge is -2.17. The predicted octanol–water partition coefficient (Wildman–Crippen LogP) is 1.91. The molecule has 0 atom stereocenters. The van der Waals surface area contributed by atoms with Gasteiger partial charge in [-0.3, -0.25) is 9.18 Å². The van der Waals surface area contributed by atoms with Crippen LogP contribution in [0.4, 0.5) is 10.1 Å². The fourth-order valence-corrected chi connectivity index (χ4v) is 1.20. The molecule has 0 aliphatic carbocycles. The molecule has 1 aromatic rings. The van der Waals surface area contributed by atoms with Gasteiger partial charge in [-0.2, -0.15) is 0 Å². The highest BCUT2D eigenvalue weighted by Crippen LogP contribution is 2.27. The summed E-state index contributed by atoms with van der Waals surface area (Å²) in [6.45, 7) is 2.09. The Bertz CT molecular complexity index is 339. The second-order valence-corrected chi connectivity index (χ2v) is 2.84.